The van der Waals surface area contributed by atoms with Gasteiger partial charge in [-0.1, -0.05) is 12.1 Å². The lowest BCUT2D eigenvalue weighted by molar-refractivity contribution is -0.125. The molecular formula is C11H16N4O3. The van der Waals surface area contributed by atoms with Gasteiger partial charge >= 0.3 is 5.97 Å². The molecule has 2 rings (SSSR count). The number of rotatable bonds is 5. The Morgan fingerprint density at radius 3 is 2.72 bits per heavy atom. The van der Waals surface area contributed by atoms with Crippen molar-refractivity contribution in [2.45, 2.75) is 44.7 Å². The molecule has 1 aromatic heterocycles. The van der Waals surface area contributed by atoms with Gasteiger partial charge in [0, 0.05) is 5.54 Å². The summed E-state index contributed by atoms with van der Waals surface area (Å²) in [6, 6.07) is 0. The second-order valence-electron chi connectivity index (χ2n) is 4.64. The van der Waals surface area contributed by atoms with Crippen LogP contribution in [0.1, 0.15) is 43.1 Å². The molecule has 1 saturated carbocycles. The van der Waals surface area contributed by atoms with E-state index in [-0.39, 0.29) is 23.7 Å². The molecule has 1 heterocycles. The second-order valence-corrected chi connectivity index (χ2v) is 4.64. The van der Waals surface area contributed by atoms with Crippen molar-refractivity contribution in [2.75, 3.05) is 0 Å². The first-order valence-corrected chi connectivity index (χ1v) is 5.99. The molecule has 7 heteroatoms. The number of hydrogen-bond donors (Lipinski definition) is 2. The van der Waals surface area contributed by atoms with E-state index in [4.69, 9.17) is 5.11 Å². The van der Waals surface area contributed by atoms with Gasteiger partial charge in [-0.25, -0.2) is 9.48 Å². The molecule has 0 saturated heterocycles. The van der Waals surface area contributed by atoms with Crippen LogP contribution in [0.25, 0.3) is 0 Å². The Morgan fingerprint density at radius 2 is 2.28 bits per heavy atom. The summed E-state index contributed by atoms with van der Waals surface area (Å²) in [6.45, 7) is 2.06. The standard InChI is InChI=1S/C11H16N4O3/c1-2-11(4-3-5-11)12-9(16)7-15-6-8(10(17)18)13-14-15/h6H,2-5,7H2,1H3,(H,12,16)(H,17,18). The van der Waals surface area contributed by atoms with Crippen molar-refractivity contribution in [3.05, 3.63) is 11.9 Å². The molecule has 0 bridgehead atoms. The van der Waals surface area contributed by atoms with Crippen LogP contribution in [-0.4, -0.2) is 37.5 Å². The fraction of sp³-hybridized carbons (Fsp3) is 0.636. The second kappa shape index (κ2) is 4.75. The van der Waals surface area contributed by atoms with E-state index in [1.54, 1.807) is 0 Å². The first kappa shape index (κ1) is 12.5. The predicted molar refractivity (Wildman–Crippen MR) is 62.0 cm³/mol. The van der Waals surface area contributed by atoms with E-state index in [2.05, 4.69) is 22.6 Å². The molecule has 7 nitrogen and oxygen atoms in total. The Bertz CT molecular complexity index is 459. The van der Waals surface area contributed by atoms with E-state index in [9.17, 15) is 9.59 Å². The van der Waals surface area contributed by atoms with Crippen LogP contribution in [0.2, 0.25) is 0 Å². The molecule has 1 aromatic rings. The molecule has 0 atom stereocenters. The normalized spacial score (nSPS) is 16.9. The van der Waals surface area contributed by atoms with Crippen molar-refractivity contribution in [1.29, 1.82) is 0 Å². The van der Waals surface area contributed by atoms with Gasteiger partial charge in [0.05, 0.1) is 6.20 Å². The summed E-state index contributed by atoms with van der Waals surface area (Å²) in [6.07, 6.45) is 5.32. The number of carboxylic acids is 1. The molecule has 0 spiro atoms. The van der Waals surface area contributed by atoms with Crippen LogP contribution in [0.3, 0.4) is 0 Å². The van der Waals surface area contributed by atoms with Crippen LogP contribution in [0.5, 0.6) is 0 Å². The van der Waals surface area contributed by atoms with Gasteiger partial charge in [-0.2, -0.15) is 0 Å². The molecule has 0 aromatic carbocycles. The van der Waals surface area contributed by atoms with Gasteiger partial charge in [0.2, 0.25) is 5.91 Å². The van der Waals surface area contributed by atoms with Crippen LogP contribution < -0.4 is 5.32 Å². The molecule has 1 aliphatic carbocycles. The fourth-order valence-electron chi connectivity index (χ4n) is 2.13. The number of amides is 1. The predicted octanol–water partition coefficient (Wildman–Crippen LogP) is 0.425. The molecule has 0 unspecified atom stereocenters. The Kier molecular flexibility index (Phi) is 3.31. The molecular weight excluding hydrogens is 236 g/mol. The summed E-state index contributed by atoms with van der Waals surface area (Å²) in [5.74, 6) is -1.30. The molecule has 0 aliphatic heterocycles. The maximum atomic E-state index is 11.8. The smallest absolute Gasteiger partial charge is 0.358 e. The van der Waals surface area contributed by atoms with Crippen molar-refractivity contribution < 1.29 is 14.7 Å². The first-order chi connectivity index (χ1) is 8.54. The minimum Gasteiger partial charge on any atom is -0.476 e. The average molecular weight is 252 g/mol. The lowest BCUT2D eigenvalue weighted by Gasteiger charge is -2.42. The highest BCUT2D eigenvalue weighted by Gasteiger charge is 2.36. The largest absolute Gasteiger partial charge is 0.476 e. The highest BCUT2D eigenvalue weighted by atomic mass is 16.4. The summed E-state index contributed by atoms with van der Waals surface area (Å²) in [7, 11) is 0. The number of nitrogens with zero attached hydrogens (tertiary/aromatic N) is 3. The van der Waals surface area contributed by atoms with Gasteiger partial charge in [0.15, 0.2) is 5.69 Å². The summed E-state index contributed by atoms with van der Waals surface area (Å²) < 4.78 is 1.24. The van der Waals surface area contributed by atoms with E-state index in [1.807, 2.05) is 0 Å². The van der Waals surface area contributed by atoms with Gasteiger partial charge in [-0.3, -0.25) is 4.79 Å². The van der Waals surface area contributed by atoms with Crippen molar-refractivity contribution in [3.63, 3.8) is 0 Å². The minimum absolute atomic E-state index is 0.00201. The molecule has 98 valence electrons. The molecule has 2 N–H and O–H groups in total. The topological polar surface area (TPSA) is 97.1 Å². The quantitative estimate of drug-likeness (QED) is 0.791. The monoisotopic (exact) mass is 252 g/mol. The number of aromatic nitrogens is 3. The van der Waals surface area contributed by atoms with Crippen LogP contribution in [-0.2, 0) is 11.3 Å². The number of aromatic carboxylic acids is 1. The van der Waals surface area contributed by atoms with E-state index < -0.39 is 5.97 Å². The lowest BCUT2D eigenvalue weighted by atomic mass is 9.75. The third-order valence-electron chi connectivity index (χ3n) is 3.46. The van der Waals surface area contributed by atoms with Crippen LogP contribution in [0.4, 0.5) is 0 Å². The highest BCUT2D eigenvalue weighted by Crippen LogP contribution is 2.34. The van der Waals surface area contributed by atoms with Crippen LogP contribution in [0.15, 0.2) is 6.20 Å². The average Bonchev–Trinajstić information content (AvgIpc) is 2.72. The molecule has 1 fully saturated rings. The molecule has 0 radical (unpaired) electrons. The van der Waals surface area contributed by atoms with Crippen LogP contribution in [0, 0.1) is 0 Å². The SMILES string of the molecule is CCC1(NC(=O)Cn2cc(C(=O)O)nn2)CCC1. The van der Waals surface area contributed by atoms with Gasteiger partial charge in [-0.15, -0.1) is 5.10 Å². The Balaban J connectivity index is 1.92. The Morgan fingerprint density at radius 1 is 1.56 bits per heavy atom. The van der Waals surface area contributed by atoms with Crippen molar-refractivity contribution in [2.24, 2.45) is 0 Å². The summed E-state index contributed by atoms with van der Waals surface area (Å²) in [5, 5.41) is 18.7. The zero-order valence-corrected chi connectivity index (χ0v) is 10.2. The maximum Gasteiger partial charge on any atom is 0.358 e. The minimum atomic E-state index is -1.15. The molecule has 18 heavy (non-hydrogen) atoms. The van der Waals surface area contributed by atoms with Gasteiger partial charge in [-0.05, 0) is 25.7 Å². The number of carboxylic acid groups (broad SMARTS) is 1. The first-order valence-electron chi connectivity index (χ1n) is 5.99. The maximum absolute atomic E-state index is 11.8. The van der Waals surface area contributed by atoms with Gasteiger partial charge in [0.1, 0.15) is 6.54 Å². The van der Waals surface area contributed by atoms with Gasteiger partial charge in [0.25, 0.3) is 0 Å². The van der Waals surface area contributed by atoms with Crippen molar-refractivity contribution in [3.8, 4) is 0 Å². The fourth-order valence-corrected chi connectivity index (χ4v) is 2.13. The number of carbonyl (C=O) groups excluding carboxylic acids is 1. The molecule has 1 amide bonds. The van der Waals surface area contributed by atoms with Crippen LogP contribution >= 0.6 is 0 Å². The Labute approximate surface area is 104 Å². The van der Waals surface area contributed by atoms with Gasteiger partial charge < -0.3 is 10.4 Å². The number of nitrogens with one attached hydrogen (secondary N) is 1. The molecule has 1 aliphatic rings. The number of hydrogen-bond acceptors (Lipinski definition) is 4. The Hall–Kier alpha value is -1.92. The summed E-state index contributed by atoms with van der Waals surface area (Å²) >= 11 is 0. The summed E-state index contributed by atoms with van der Waals surface area (Å²) in [5.41, 5.74) is -0.218. The summed E-state index contributed by atoms with van der Waals surface area (Å²) in [4.78, 5) is 22.4. The van der Waals surface area contributed by atoms with E-state index in [0.717, 1.165) is 25.7 Å². The zero-order chi connectivity index (χ0) is 13.2. The van der Waals surface area contributed by atoms with Crippen molar-refractivity contribution in [1.82, 2.24) is 20.3 Å². The number of carbonyl (C=O) groups is 2. The van der Waals surface area contributed by atoms with E-state index in [1.165, 1.54) is 10.9 Å². The lowest BCUT2D eigenvalue weighted by Crippen LogP contribution is -2.53. The van der Waals surface area contributed by atoms with E-state index in [0.29, 0.717) is 0 Å². The third kappa shape index (κ3) is 2.49. The van der Waals surface area contributed by atoms with E-state index >= 15 is 0 Å². The zero-order valence-electron chi connectivity index (χ0n) is 10.2. The highest BCUT2D eigenvalue weighted by molar-refractivity contribution is 5.84. The van der Waals surface area contributed by atoms with Crippen molar-refractivity contribution >= 4 is 11.9 Å². The third-order valence-corrected chi connectivity index (χ3v) is 3.46.